The number of hydrogen-bond acceptors (Lipinski definition) is 2. The number of aryl methyl sites for hydroxylation is 1. The van der Waals surface area contributed by atoms with Crippen molar-refractivity contribution in [2.45, 2.75) is 6.92 Å². The molecular weight excluding hydrogens is 272 g/mol. The lowest BCUT2D eigenvalue weighted by atomic mass is 10.1. The number of carbonyl (C=O) groups excluding carboxylic acids is 1. The van der Waals surface area contributed by atoms with Crippen molar-refractivity contribution in [2.24, 2.45) is 0 Å². The summed E-state index contributed by atoms with van der Waals surface area (Å²) in [5.74, 6) is 0.507. The van der Waals surface area contributed by atoms with Gasteiger partial charge in [0.15, 0.2) is 5.78 Å². The molecule has 0 unspecified atom stereocenters. The summed E-state index contributed by atoms with van der Waals surface area (Å²) in [5, 5.41) is 0.675. The Kier molecular flexibility index (Phi) is 4.59. The Hall–Kier alpha value is -2.06. The monoisotopic (exact) mass is 286 g/mol. The van der Waals surface area contributed by atoms with Crippen LogP contribution < -0.4 is 4.74 Å². The van der Waals surface area contributed by atoms with E-state index in [0.717, 1.165) is 11.1 Å². The van der Waals surface area contributed by atoms with Crippen LogP contribution in [-0.2, 0) is 0 Å². The second-order valence-electron chi connectivity index (χ2n) is 4.45. The van der Waals surface area contributed by atoms with Gasteiger partial charge in [-0.3, -0.25) is 4.79 Å². The molecule has 0 saturated carbocycles. The van der Waals surface area contributed by atoms with E-state index >= 15 is 0 Å². The summed E-state index contributed by atoms with van der Waals surface area (Å²) < 4.78 is 5.24. The zero-order valence-electron chi connectivity index (χ0n) is 11.4. The normalized spacial score (nSPS) is 10.8. The van der Waals surface area contributed by atoms with Gasteiger partial charge >= 0.3 is 0 Å². The van der Waals surface area contributed by atoms with Crippen LogP contribution in [0.1, 0.15) is 21.5 Å². The molecule has 0 radical (unpaired) electrons. The van der Waals surface area contributed by atoms with Gasteiger partial charge in [0.05, 0.1) is 12.7 Å². The molecule has 0 aliphatic heterocycles. The Morgan fingerprint density at radius 1 is 1.15 bits per heavy atom. The van der Waals surface area contributed by atoms with Crippen LogP contribution in [-0.4, -0.2) is 12.9 Å². The molecule has 0 N–H and O–H groups in total. The van der Waals surface area contributed by atoms with Crippen LogP contribution in [0, 0.1) is 6.92 Å². The molecule has 2 rings (SSSR count). The van der Waals surface area contributed by atoms with Crippen molar-refractivity contribution in [3.63, 3.8) is 0 Å². The lowest BCUT2D eigenvalue weighted by molar-refractivity contribution is 0.104. The summed E-state index contributed by atoms with van der Waals surface area (Å²) in [6.45, 7) is 1.96. The third-order valence-corrected chi connectivity index (χ3v) is 3.17. The Bertz CT molecular complexity index is 643. The number of hydrogen-bond donors (Lipinski definition) is 0. The molecule has 0 atom stereocenters. The number of ketones is 1. The summed E-state index contributed by atoms with van der Waals surface area (Å²) in [6, 6.07) is 12.8. The topological polar surface area (TPSA) is 26.3 Å². The quantitative estimate of drug-likeness (QED) is 0.609. The fraction of sp³-hybridized carbons (Fsp3) is 0.118. The summed E-state index contributed by atoms with van der Waals surface area (Å²) in [5.41, 5.74) is 2.54. The third-order valence-electron chi connectivity index (χ3n) is 2.92. The summed E-state index contributed by atoms with van der Waals surface area (Å²) >= 11 is 5.82. The highest BCUT2D eigenvalue weighted by Crippen LogP contribution is 2.21. The summed E-state index contributed by atoms with van der Waals surface area (Å²) in [6.07, 6.45) is 3.30. The summed E-state index contributed by atoms with van der Waals surface area (Å²) in [7, 11) is 1.56. The van der Waals surface area contributed by atoms with Gasteiger partial charge in [0, 0.05) is 5.02 Å². The van der Waals surface area contributed by atoms with Crippen LogP contribution in [0.2, 0.25) is 5.02 Å². The van der Waals surface area contributed by atoms with Crippen LogP contribution in [0.15, 0.2) is 48.5 Å². The largest absolute Gasteiger partial charge is 0.496 e. The van der Waals surface area contributed by atoms with Crippen LogP contribution in [0.5, 0.6) is 5.75 Å². The van der Waals surface area contributed by atoms with Crippen molar-refractivity contribution in [3.8, 4) is 5.75 Å². The van der Waals surface area contributed by atoms with Gasteiger partial charge in [-0.2, -0.15) is 0 Å². The highest BCUT2D eigenvalue weighted by Gasteiger charge is 2.09. The van der Waals surface area contributed by atoms with Crippen molar-refractivity contribution in [1.29, 1.82) is 0 Å². The number of carbonyl (C=O) groups is 1. The van der Waals surface area contributed by atoms with Gasteiger partial charge in [-0.15, -0.1) is 0 Å². The molecule has 2 aromatic carbocycles. The second-order valence-corrected chi connectivity index (χ2v) is 4.89. The number of rotatable bonds is 4. The first-order chi connectivity index (χ1) is 9.60. The molecule has 0 heterocycles. The predicted molar refractivity (Wildman–Crippen MR) is 82.5 cm³/mol. The first-order valence-electron chi connectivity index (χ1n) is 6.23. The molecule has 0 amide bonds. The van der Waals surface area contributed by atoms with Crippen molar-refractivity contribution in [2.75, 3.05) is 7.11 Å². The average molecular weight is 287 g/mol. The van der Waals surface area contributed by atoms with Crippen LogP contribution >= 0.6 is 11.6 Å². The highest BCUT2D eigenvalue weighted by molar-refractivity contribution is 6.30. The molecule has 102 valence electrons. The number of ether oxygens (including phenoxy) is 1. The van der Waals surface area contributed by atoms with E-state index in [4.69, 9.17) is 16.3 Å². The minimum absolute atomic E-state index is 0.0863. The van der Waals surface area contributed by atoms with Crippen molar-refractivity contribution >= 4 is 23.5 Å². The second kappa shape index (κ2) is 6.40. The zero-order chi connectivity index (χ0) is 14.5. The van der Waals surface area contributed by atoms with Crippen LogP contribution in [0.3, 0.4) is 0 Å². The molecule has 0 bridgehead atoms. The van der Waals surface area contributed by atoms with E-state index in [1.54, 1.807) is 31.4 Å². The highest BCUT2D eigenvalue weighted by atomic mass is 35.5. The molecule has 0 spiro atoms. The molecule has 3 heteroatoms. The number of benzene rings is 2. The average Bonchev–Trinajstić information content (AvgIpc) is 2.46. The van der Waals surface area contributed by atoms with E-state index in [1.807, 2.05) is 31.2 Å². The first kappa shape index (κ1) is 14.4. The van der Waals surface area contributed by atoms with Gasteiger partial charge in [0.1, 0.15) is 5.75 Å². The number of allylic oxidation sites excluding steroid dienone is 1. The maximum absolute atomic E-state index is 12.2. The third kappa shape index (κ3) is 3.49. The Balaban J connectivity index is 2.22. The Morgan fingerprint density at radius 2 is 1.85 bits per heavy atom. The Labute approximate surface area is 123 Å². The molecule has 0 saturated heterocycles. The molecule has 0 aromatic heterocycles. The van der Waals surface area contributed by atoms with E-state index in [2.05, 4.69) is 0 Å². The fourth-order valence-corrected chi connectivity index (χ4v) is 1.96. The number of halogens is 1. The molecule has 0 fully saturated rings. The van der Waals surface area contributed by atoms with Gasteiger partial charge in [-0.05, 0) is 48.4 Å². The van der Waals surface area contributed by atoms with E-state index in [1.165, 1.54) is 6.08 Å². The van der Waals surface area contributed by atoms with E-state index in [0.29, 0.717) is 16.3 Å². The standard InChI is InChI=1S/C17H15ClO2/c1-12-3-9-15(17(11-12)20-2)16(19)10-6-13-4-7-14(18)8-5-13/h3-11H,1-2H3. The van der Waals surface area contributed by atoms with E-state index in [-0.39, 0.29) is 5.78 Å². The zero-order valence-corrected chi connectivity index (χ0v) is 12.1. The lowest BCUT2D eigenvalue weighted by Crippen LogP contribution is -1.99. The van der Waals surface area contributed by atoms with Crippen molar-refractivity contribution in [3.05, 3.63) is 70.3 Å². The minimum Gasteiger partial charge on any atom is -0.496 e. The molecular formula is C17H15ClO2. The summed E-state index contributed by atoms with van der Waals surface area (Å²) in [4.78, 5) is 12.2. The maximum atomic E-state index is 12.2. The van der Waals surface area contributed by atoms with Gasteiger partial charge in [-0.1, -0.05) is 35.9 Å². The lowest BCUT2D eigenvalue weighted by Gasteiger charge is -2.06. The number of methoxy groups -OCH3 is 1. The molecule has 2 nitrogen and oxygen atoms in total. The van der Waals surface area contributed by atoms with Crippen molar-refractivity contribution < 1.29 is 9.53 Å². The predicted octanol–water partition coefficient (Wildman–Crippen LogP) is 4.55. The van der Waals surface area contributed by atoms with Gasteiger partial charge in [0.2, 0.25) is 0 Å². The SMILES string of the molecule is COc1cc(C)ccc1C(=O)C=Cc1ccc(Cl)cc1. The van der Waals surface area contributed by atoms with E-state index < -0.39 is 0 Å². The fourth-order valence-electron chi connectivity index (χ4n) is 1.84. The molecule has 20 heavy (non-hydrogen) atoms. The van der Waals surface area contributed by atoms with Crippen LogP contribution in [0.25, 0.3) is 6.08 Å². The van der Waals surface area contributed by atoms with Gasteiger partial charge in [0.25, 0.3) is 0 Å². The van der Waals surface area contributed by atoms with Gasteiger partial charge in [-0.25, -0.2) is 0 Å². The van der Waals surface area contributed by atoms with Crippen molar-refractivity contribution in [1.82, 2.24) is 0 Å². The smallest absolute Gasteiger partial charge is 0.189 e. The molecule has 0 aliphatic rings. The molecule has 0 aliphatic carbocycles. The van der Waals surface area contributed by atoms with Crippen LogP contribution in [0.4, 0.5) is 0 Å². The molecule has 2 aromatic rings. The Morgan fingerprint density at radius 3 is 2.50 bits per heavy atom. The minimum atomic E-state index is -0.0863. The first-order valence-corrected chi connectivity index (χ1v) is 6.60. The van der Waals surface area contributed by atoms with Gasteiger partial charge < -0.3 is 4.74 Å². The maximum Gasteiger partial charge on any atom is 0.189 e. The van der Waals surface area contributed by atoms with E-state index in [9.17, 15) is 4.79 Å².